The zero-order chi connectivity index (χ0) is 14.0. The van der Waals surface area contributed by atoms with E-state index in [0.29, 0.717) is 0 Å². The third kappa shape index (κ3) is 3.08. The van der Waals surface area contributed by atoms with Crippen LogP contribution in [0.2, 0.25) is 0 Å². The number of hydrogen-bond donors (Lipinski definition) is 2. The number of rotatable bonds is 3. The molecule has 0 bridgehead atoms. The molecule has 100 valence electrons. The van der Waals surface area contributed by atoms with Crippen LogP contribution in [-0.2, 0) is 11.3 Å². The van der Waals surface area contributed by atoms with E-state index >= 15 is 0 Å². The van der Waals surface area contributed by atoms with Crippen molar-refractivity contribution in [2.45, 2.75) is 18.6 Å². The lowest BCUT2D eigenvalue weighted by atomic mass is 10.2. The number of alkyl halides is 5. The standard InChI is InChI=1S/C10H8F5NO2/c11-9(12,10(13,14)15)8(18)16-5-6-1-3-7(17)4-2-6/h1-4,17H,5H2,(H,16,18). The molecule has 1 aromatic carbocycles. The molecule has 0 radical (unpaired) electrons. The van der Waals surface area contributed by atoms with Crippen molar-refractivity contribution >= 4 is 5.91 Å². The van der Waals surface area contributed by atoms with Crippen LogP contribution in [0.1, 0.15) is 5.56 Å². The molecule has 0 heterocycles. The van der Waals surface area contributed by atoms with Gasteiger partial charge in [0.1, 0.15) is 5.75 Å². The molecule has 18 heavy (non-hydrogen) atoms. The summed E-state index contributed by atoms with van der Waals surface area (Å²) in [5.74, 6) is -7.93. The lowest BCUT2D eigenvalue weighted by Crippen LogP contribution is -2.50. The Kier molecular flexibility index (Phi) is 3.78. The molecule has 0 aromatic heterocycles. The Morgan fingerprint density at radius 3 is 2.06 bits per heavy atom. The number of benzene rings is 1. The molecule has 0 saturated heterocycles. The Morgan fingerprint density at radius 1 is 1.11 bits per heavy atom. The molecule has 2 N–H and O–H groups in total. The lowest BCUT2D eigenvalue weighted by Gasteiger charge is -2.18. The van der Waals surface area contributed by atoms with Crippen LogP contribution >= 0.6 is 0 Å². The van der Waals surface area contributed by atoms with Gasteiger partial charge in [0, 0.05) is 6.54 Å². The SMILES string of the molecule is O=C(NCc1ccc(O)cc1)C(F)(F)C(F)(F)F. The van der Waals surface area contributed by atoms with E-state index in [0.717, 1.165) is 0 Å². The van der Waals surface area contributed by atoms with Crippen LogP contribution in [-0.4, -0.2) is 23.1 Å². The van der Waals surface area contributed by atoms with Gasteiger partial charge in [-0.3, -0.25) is 4.79 Å². The fourth-order valence-corrected chi connectivity index (χ4v) is 1.04. The topological polar surface area (TPSA) is 49.3 Å². The number of phenolic OH excluding ortho intramolecular Hbond substituents is 1. The van der Waals surface area contributed by atoms with Crippen LogP contribution in [0.15, 0.2) is 24.3 Å². The second kappa shape index (κ2) is 4.79. The van der Waals surface area contributed by atoms with Gasteiger partial charge in [0.2, 0.25) is 0 Å². The summed E-state index contributed by atoms with van der Waals surface area (Å²) in [5.41, 5.74) is 0.277. The van der Waals surface area contributed by atoms with E-state index in [4.69, 9.17) is 5.11 Å². The summed E-state index contributed by atoms with van der Waals surface area (Å²) >= 11 is 0. The number of nitrogens with one attached hydrogen (secondary N) is 1. The zero-order valence-electron chi connectivity index (χ0n) is 8.76. The molecular weight excluding hydrogens is 261 g/mol. The maximum absolute atomic E-state index is 12.5. The highest BCUT2D eigenvalue weighted by Crippen LogP contribution is 2.35. The first-order valence-corrected chi connectivity index (χ1v) is 4.65. The van der Waals surface area contributed by atoms with Gasteiger partial charge < -0.3 is 10.4 Å². The maximum Gasteiger partial charge on any atom is 0.463 e. The molecule has 8 heteroatoms. The largest absolute Gasteiger partial charge is 0.508 e. The Morgan fingerprint density at radius 2 is 1.61 bits per heavy atom. The quantitative estimate of drug-likeness (QED) is 0.826. The van der Waals surface area contributed by atoms with E-state index in [1.807, 2.05) is 0 Å². The summed E-state index contributed by atoms with van der Waals surface area (Å²) in [5, 5.41) is 10.4. The molecule has 1 rings (SSSR count). The van der Waals surface area contributed by atoms with E-state index < -0.39 is 24.6 Å². The number of phenols is 1. The fourth-order valence-electron chi connectivity index (χ4n) is 1.04. The summed E-state index contributed by atoms with van der Waals surface area (Å²) in [6.45, 7) is -0.495. The summed E-state index contributed by atoms with van der Waals surface area (Å²) in [6.07, 6.45) is -5.92. The molecule has 0 aliphatic carbocycles. The molecule has 0 unspecified atom stereocenters. The van der Waals surface area contributed by atoms with Crippen LogP contribution in [0.4, 0.5) is 22.0 Å². The predicted molar refractivity (Wildman–Crippen MR) is 51.0 cm³/mol. The summed E-state index contributed by atoms with van der Waals surface area (Å²) in [7, 11) is 0. The monoisotopic (exact) mass is 269 g/mol. The Hall–Kier alpha value is -1.86. The van der Waals surface area contributed by atoms with E-state index in [2.05, 4.69) is 0 Å². The first kappa shape index (κ1) is 14.2. The first-order valence-electron chi connectivity index (χ1n) is 4.65. The average molecular weight is 269 g/mol. The van der Waals surface area contributed by atoms with Crippen LogP contribution in [0.3, 0.4) is 0 Å². The van der Waals surface area contributed by atoms with Gasteiger partial charge in [0.05, 0.1) is 0 Å². The Labute approximate surface area is 98.2 Å². The lowest BCUT2D eigenvalue weighted by molar-refractivity contribution is -0.269. The van der Waals surface area contributed by atoms with E-state index in [1.165, 1.54) is 29.6 Å². The Balaban J connectivity index is 2.64. The third-order valence-electron chi connectivity index (χ3n) is 2.03. The third-order valence-corrected chi connectivity index (χ3v) is 2.03. The number of carbonyl (C=O) groups is 1. The van der Waals surface area contributed by atoms with Crippen molar-refractivity contribution in [1.29, 1.82) is 0 Å². The number of carbonyl (C=O) groups excluding carboxylic acids is 1. The minimum Gasteiger partial charge on any atom is -0.508 e. The fraction of sp³-hybridized carbons (Fsp3) is 0.300. The van der Waals surface area contributed by atoms with Crippen LogP contribution in [0.5, 0.6) is 5.75 Å². The van der Waals surface area contributed by atoms with Crippen molar-refractivity contribution in [3.05, 3.63) is 29.8 Å². The highest BCUT2D eigenvalue weighted by Gasteiger charge is 2.63. The van der Waals surface area contributed by atoms with Crippen molar-refractivity contribution in [2.24, 2.45) is 0 Å². The van der Waals surface area contributed by atoms with Gasteiger partial charge in [-0.2, -0.15) is 22.0 Å². The van der Waals surface area contributed by atoms with Gasteiger partial charge in [-0.1, -0.05) is 12.1 Å². The Bertz CT molecular complexity index is 427. The molecule has 1 aromatic rings. The first-order chi connectivity index (χ1) is 8.14. The minimum absolute atomic E-state index is 0.0919. The summed E-state index contributed by atoms with van der Waals surface area (Å²) in [6, 6.07) is 4.98. The highest BCUT2D eigenvalue weighted by molar-refractivity contribution is 5.84. The van der Waals surface area contributed by atoms with Gasteiger partial charge >= 0.3 is 18.0 Å². The number of halogens is 5. The van der Waals surface area contributed by atoms with Gasteiger partial charge in [-0.25, -0.2) is 0 Å². The molecule has 0 fully saturated rings. The number of amides is 1. The van der Waals surface area contributed by atoms with Crippen molar-refractivity contribution in [3.8, 4) is 5.75 Å². The summed E-state index contributed by atoms with van der Waals surface area (Å²) < 4.78 is 60.5. The molecule has 0 spiro atoms. The van der Waals surface area contributed by atoms with Crippen molar-refractivity contribution in [1.82, 2.24) is 5.32 Å². The summed E-state index contributed by atoms with van der Waals surface area (Å²) in [4.78, 5) is 10.7. The molecule has 1 amide bonds. The highest BCUT2D eigenvalue weighted by atomic mass is 19.4. The number of aromatic hydroxyl groups is 1. The van der Waals surface area contributed by atoms with Crippen LogP contribution in [0.25, 0.3) is 0 Å². The minimum atomic E-state index is -5.92. The molecular formula is C10H8F5NO2. The molecule has 0 aliphatic rings. The normalized spacial score (nSPS) is 12.3. The van der Waals surface area contributed by atoms with Crippen molar-refractivity contribution < 1.29 is 31.9 Å². The average Bonchev–Trinajstić information content (AvgIpc) is 2.26. The second-order valence-electron chi connectivity index (χ2n) is 3.42. The van der Waals surface area contributed by atoms with E-state index in [9.17, 15) is 26.7 Å². The molecule has 0 aliphatic heterocycles. The van der Waals surface area contributed by atoms with Crippen LogP contribution in [0, 0.1) is 0 Å². The van der Waals surface area contributed by atoms with Crippen molar-refractivity contribution in [2.75, 3.05) is 0 Å². The second-order valence-corrected chi connectivity index (χ2v) is 3.42. The zero-order valence-corrected chi connectivity index (χ0v) is 8.76. The molecule has 3 nitrogen and oxygen atoms in total. The maximum atomic E-state index is 12.5. The van der Waals surface area contributed by atoms with Gasteiger partial charge in [-0.05, 0) is 17.7 Å². The van der Waals surface area contributed by atoms with Crippen LogP contribution < -0.4 is 5.32 Å². The van der Waals surface area contributed by atoms with E-state index in [1.54, 1.807) is 0 Å². The van der Waals surface area contributed by atoms with Gasteiger partial charge in [-0.15, -0.1) is 0 Å². The van der Waals surface area contributed by atoms with Crippen molar-refractivity contribution in [3.63, 3.8) is 0 Å². The molecule has 0 saturated carbocycles. The number of hydrogen-bond acceptors (Lipinski definition) is 2. The smallest absolute Gasteiger partial charge is 0.463 e. The molecule has 0 atom stereocenters. The van der Waals surface area contributed by atoms with E-state index in [-0.39, 0.29) is 11.3 Å². The predicted octanol–water partition coefficient (Wildman–Crippen LogP) is 2.21. The van der Waals surface area contributed by atoms with Gasteiger partial charge in [0.25, 0.3) is 0 Å². The van der Waals surface area contributed by atoms with Gasteiger partial charge in [0.15, 0.2) is 0 Å².